The van der Waals surface area contributed by atoms with Gasteiger partial charge in [0, 0.05) is 0 Å². The third-order valence-electron chi connectivity index (χ3n) is 1.35. The van der Waals surface area contributed by atoms with Crippen LogP contribution in [0.15, 0.2) is 0 Å². The SMILES string of the molecule is CCC(C)OC(=O)CN(C)C. The third-order valence-corrected chi connectivity index (χ3v) is 1.35. The van der Waals surface area contributed by atoms with E-state index in [0.29, 0.717) is 6.54 Å². The highest BCUT2D eigenvalue weighted by molar-refractivity contribution is 5.71. The molecule has 0 heterocycles. The molecule has 3 heteroatoms. The van der Waals surface area contributed by atoms with Crippen LogP contribution in [0.1, 0.15) is 20.3 Å². The van der Waals surface area contributed by atoms with Crippen LogP contribution in [0.2, 0.25) is 0 Å². The molecule has 66 valence electrons. The van der Waals surface area contributed by atoms with E-state index >= 15 is 0 Å². The fraction of sp³-hybridized carbons (Fsp3) is 0.875. The van der Waals surface area contributed by atoms with Gasteiger partial charge in [-0.25, -0.2) is 0 Å². The molecule has 0 radical (unpaired) electrons. The lowest BCUT2D eigenvalue weighted by Gasteiger charge is -2.13. The van der Waals surface area contributed by atoms with Gasteiger partial charge in [0.1, 0.15) is 0 Å². The minimum absolute atomic E-state index is 0.0439. The van der Waals surface area contributed by atoms with Crippen LogP contribution in [0, 0.1) is 0 Å². The van der Waals surface area contributed by atoms with E-state index in [1.807, 2.05) is 27.9 Å². The first-order valence-electron chi connectivity index (χ1n) is 3.90. The number of hydrogen-bond donors (Lipinski definition) is 0. The van der Waals surface area contributed by atoms with E-state index in [4.69, 9.17) is 4.74 Å². The lowest BCUT2D eigenvalue weighted by molar-refractivity contribution is -0.148. The maximum absolute atomic E-state index is 11.0. The molecule has 0 aromatic carbocycles. The standard InChI is InChI=1S/C8H17NO2/c1-5-7(2)11-8(10)6-9(3)4/h7H,5-6H2,1-4H3. The number of hydrogen-bond acceptors (Lipinski definition) is 3. The molecule has 0 N–H and O–H groups in total. The summed E-state index contributed by atoms with van der Waals surface area (Å²) in [6.45, 7) is 4.26. The van der Waals surface area contributed by atoms with E-state index in [0.717, 1.165) is 6.42 Å². The van der Waals surface area contributed by atoms with Gasteiger partial charge in [-0.2, -0.15) is 0 Å². The first-order chi connectivity index (χ1) is 5.06. The van der Waals surface area contributed by atoms with E-state index in [-0.39, 0.29) is 12.1 Å². The number of nitrogens with zero attached hydrogens (tertiary/aromatic N) is 1. The molecule has 0 saturated heterocycles. The number of likely N-dealkylation sites (N-methyl/N-ethyl adjacent to an activating group) is 1. The summed E-state index contributed by atoms with van der Waals surface area (Å²) >= 11 is 0. The Balaban J connectivity index is 3.52. The van der Waals surface area contributed by atoms with Gasteiger partial charge < -0.3 is 4.74 Å². The Morgan fingerprint density at radius 1 is 1.55 bits per heavy atom. The zero-order valence-electron chi connectivity index (χ0n) is 7.76. The van der Waals surface area contributed by atoms with Crippen molar-refractivity contribution >= 4 is 5.97 Å². The van der Waals surface area contributed by atoms with E-state index in [2.05, 4.69) is 0 Å². The molecule has 1 atom stereocenters. The fourth-order valence-electron chi connectivity index (χ4n) is 0.603. The smallest absolute Gasteiger partial charge is 0.320 e. The number of ether oxygens (including phenoxy) is 1. The van der Waals surface area contributed by atoms with E-state index in [1.165, 1.54) is 0 Å². The van der Waals surface area contributed by atoms with Crippen molar-refractivity contribution in [3.63, 3.8) is 0 Å². The van der Waals surface area contributed by atoms with Gasteiger partial charge in [-0.3, -0.25) is 9.69 Å². The average Bonchev–Trinajstić information content (AvgIpc) is 1.85. The highest BCUT2D eigenvalue weighted by Gasteiger charge is 2.07. The van der Waals surface area contributed by atoms with Gasteiger partial charge in [0.15, 0.2) is 0 Å². The maximum Gasteiger partial charge on any atom is 0.320 e. The lowest BCUT2D eigenvalue weighted by Crippen LogP contribution is -2.26. The molecule has 0 aromatic rings. The summed E-state index contributed by atoms with van der Waals surface area (Å²) < 4.78 is 5.03. The Labute approximate surface area is 68.3 Å². The molecule has 0 aromatic heterocycles. The normalized spacial score (nSPS) is 13.2. The molecule has 0 saturated carbocycles. The number of rotatable bonds is 4. The molecule has 0 spiro atoms. The monoisotopic (exact) mass is 159 g/mol. The molecule has 0 aliphatic carbocycles. The van der Waals surface area contributed by atoms with Crippen LogP contribution in [-0.2, 0) is 9.53 Å². The third kappa shape index (κ3) is 5.85. The van der Waals surface area contributed by atoms with Gasteiger partial charge in [-0.1, -0.05) is 6.92 Å². The van der Waals surface area contributed by atoms with Crippen LogP contribution < -0.4 is 0 Å². The van der Waals surface area contributed by atoms with Crippen LogP contribution >= 0.6 is 0 Å². The van der Waals surface area contributed by atoms with Crippen molar-refractivity contribution in [2.45, 2.75) is 26.4 Å². The number of carbonyl (C=O) groups excluding carboxylic acids is 1. The Morgan fingerprint density at radius 2 is 2.09 bits per heavy atom. The zero-order valence-corrected chi connectivity index (χ0v) is 7.76. The predicted octanol–water partition coefficient (Wildman–Crippen LogP) is 0.890. The van der Waals surface area contributed by atoms with Gasteiger partial charge in [0.25, 0.3) is 0 Å². The summed E-state index contributed by atoms with van der Waals surface area (Å²) in [5, 5.41) is 0. The maximum atomic E-state index is 11.0. The minimum Gasteiger partial charge on any atom is -0.462 e. The van der Waals surface area contributed by atoms with Crippen LogP contribution in [-0.4, -0.2) is 37.6 Å². The Bertz CT molecular complexity index is 123. The molecule has 0 fully saturated rings. The first-order valence-corrected chi connectivity index (χ1v) is 3.90. The van der Waals surface area contributed by atoms with Crippen molar-refractivity contribution < 1.29 is 9.53 Å². The predicted molar refractivity (Wildman–Crippen MR) is 44.4 cm³/mol. The van der Waals surface area contributed by atoms with Crippen LogP contribution in [0.4, 0.5) is 0 Å². The molecule has 0 rings (SSSR count). The van der Waals surface area contributed by atoms with Crippen molar-refractivity contribution in [2.75, 3.05) is 20.6 Å². The molecular weight excluding hydrogens is 142 g/mol. The second-order valence-corrected chi connectivity index (χ2v) is 2.95. The Kier molecular flexibility index (Phi) is 4.86. The molecule has 0 amide bonds. The fourth-order valence-corrected chi connectivity index (χ4v) is 0.603. The van der Waals surface area contributed by atoms with Gasteiger partial charge in [0.2, 0.25) is 0 Å². The van der Waals surface area contributed by atoms with Crippen LogP contribution in [0.3, 0.4) is 0 Å². The molecular formula is C8H17NO2. The second kappa shape index (κ2) is 5.13. The highest BCUT2D eigenvalue weighted by Crippen LogP contribution is 1.96. The molecule has 11 heavy (non-hydrogen) atoms. The van der Waals surface area contributed by atoms with Gasteiger partial charge in [-0.15, -0.1) is 0 Å². The number of carbonyl (C=O) groups is 1. The lowest BCUT2D eigenvalue weighted by atomic mass is 10.3. The first kappa shape index (κ1) is 10.4. The highest BCUT2D eigenvalue weighted by atomic mass is 16.5. The Hall–Kier alpha value is -0.570. The molecule has 1 unspecified atom stereocenters. The van der Waals surface area contributed by atoms with E-state index in [1.54, 1.807) is 4.90 Å². The van der Waals surface area contributed by atoms with Crippen molar-refractivity contribution in [1.29, 1.82) is 0 Å². The van der Waals surface area contributed by atoms with Crippen molar-refractivity contribution in [2.24, 2.45) is 0 Å². The van der Waals surface area contributed by atoms with E-state index < -0.39 is 0 Å². The summed E-state index contributed by atoms with van der Waals surface area (Å²) in [6, 6.07) is 0. The van der Waals surface area contributed by atoms with Crippen LogP contribution in [0.25, 0.3) is 0 Å². The van der Waals surface area contributed by atoms with Gasteiger partial charge in [-0.05, 0) is 27.4 Å². The van der Waals surface area contributed by atoms with Crippen molar-refractivity contribution in [3.05, 3.63) is 0 Å². The quantitative estimate of drug-likeness (QED) is 0.570. The average molecular weight is 159 g/mol. The Morgan fingerprint density at radius 3 is 2.45 bits per heavy atom. The second-order valence-electron chi connectivity index (χ2n) is 2.95. The molecule has 3 nitrogen and oxygen atoms in total. The van der Waals surface area contributed by atoms with E-state index in [9.17, 15) is 4.79 Å². The number of esters is 1. The zero-order chi connectivity index (χ0) is 8.85. The van der Waals surface area contributed by atoms with Crippen molar-refractivity contribution in [3.8, 4) is 0 Å². The molecule has 0 aliphatic rings. The van der Waals surface area contributed by atoms with Gasteiger partial charge in [0.05, 0.1) is 12.6 Å². The largest absolute Gasteiger partial charge is 0.462 e. The summed E-state index contributed by atoms with van der Waals surface area (Å²) in [6.07, 6.45) is 0.918. The molecule has 0 aliphatic heterocycles. The summed E-state index contributed by atoms with van der Waals surface area (Å²) in [4.78, 5) is 12.8. The van der Waals surface area contributed by atoms with Crippen molar-refractivity contribution in [1.82, 2.24) is 4.90 Å². The molecule has 0 bridgehead atoms. The summed E-state index contributed by atoms with van der Waals surface area (Å²) in [5.74, 6) is -0.149. The van der Waals surface area contributed by atoms with Crippen LogP contribution in [0.5, 0.6) is 0 Å². The minimum atomic E-state index is -0.149. The summed E-state index contributed by atoms with van der Waals surface area (Å²) in [5.41, 5.74) is 0. The van der Waals surface area contributed by atoms with Gasteiger partial charge >= 0.3 is 5.97 Å². The topological polar surface area (TPSA) is 29.5 Å². The summed E-state index contributed by atoms with van der Waals surface area (Å²) in [7, 11) is 3.69.